The third-order valence-electron chi connectivity index (χ3n) is 5.08. The van der Waals surface area contributed by atoms with Crippen molar-refractivity contribution >= 4 is 6.09 Å². The van der Waals surface area contributed by atoms with Crippen molar-refractivity contribution in [3.8, 4) is 0 Å². The fraction of sp³-hybridized carbons (Fsp3) is 0.650. The molecule has 2 fully saturated rings. The van der Waals surface area contributed by atoms with Crippen LogP contribution in [0.4, 0.5) is 4.79 Å². The molecule has 0 spiro atoms. The van der Waals surface area contributed by atoms with Gasteiger partial charge in [0.2, 0.25) is 0 Å². The maximum atomic E-state index is 11.6. The second-order valence-corrected chi connectivity index (χ2v) is 6.89. The number of alkyl carbamates (subject to hydrolysis) is 1. The van der Waals surface area contributed by atoms with E-state index in [1.165, 1.54) is 6.42 Å². The van der Waals surface area contributed by atoms with Crippen LogP contribution in [0.3, 0.4) is 0 Å². The number of carbonyl (C=O) groups is 1. The Morgan fingerprint density at radius 1 is 1.04 bits per heavy atom. The van der Waals surface area contributed by atoms with E-state index in [9.17, 15) is 4.79 Å². The lowest BCUT2D eigenvalue weighted by molar-refractivity contribution is 0.0770. The smallest absolute Gasteiger partial charge is 0.407 e. The standard InChI is InChI=1S/C14H19NO3.C6H13NO/c1-17-13-9-5-8-12(13)15-14(16)18-10-11-6-3-2-4-7-11;1-8-6-4-2-3-5(6)7/h2-4,6-7,12-13H,5,8-10H2,1H3,(H,15,16);5-6H,2-4,7H2,1H3/t12-,13-;5-,6-/m00/s1. The van der Waals surface area contributed by atoms with Crippen molar-refractivity contribution in [2.45, 2.75) is 69.4 Å². The maximum Gasteiger partial charge on any atom is 0.407 e. The summed E-state index contributed by atoms with van der Waals surface area (Å²) >= 11 is 0. The third kappa shape index (κ3) is 6.59. The SMILES string of the molecule is CO[C@H]1CCC[C@@H]1N.CO[C@H]1CCC[C@@H]1NC(=O)OCc1ccccc1. The lowest BCUT2D eigenvalue weighted by Crippen LogP contribution is -2.40. The highest BCUT2D eigenvalue weighted by Crippen LogP contribution is 2.21. The Balaban J connectivity index is 0.000000254. The van der Waals surface area contributed by atoms with Crippen LogP contribution < -0.4 is 11.1 Å². The molecule has 4 atom stereocenters. The highest BCUT2D eigenvalue weighted by Gasteiger charge is 2.28. The van der Waals surface area contributed by atoms with Gasteiger partial charge in [0, 0.05) is 20.3 Å². The Bertz CT molecular complexity index is 526. The van der Waals surface area contributed by atoms with Gasteiger partial charge >= 0.3 is 6.09 Å². The van der Waals surface area contributed by atoms with Gasteiger partial charge in [0.1, 0.15) is 6.61 Å². The molecule has 2 saturated carbocycles. The number of amides is 1. The van der Waals surface area contributed by atoms with Gasteiger partial charge in [-0.15, -0.1) is 0 Å². The molecule has 0 aliphatic heterocycles. The van der Waals surface area contributed by atoms with E-state index in [2.05, 4.69) is 5.32 Å². The molecule has 2 aliphatic rings. The second kappa shape index (κ2) is 11.2. The van der Waals surface area contributed by atoms with Crippen molar-refractivity contribution in [2.24, 2.45) is 5.73 Å². The number of nitrogens with two attached hydrogens (primary N) is 1. The summed E-state index contributed by atoms with van der Waals surface area (Å²) in [5.41, 5.74) is 6.65. The van der Waals surface area contributed by atoms with Crippen molar-refractivity contribution in [1.29, 1.82) is 0 Å². The van der Waals surface area contributed by atoms with Gasteiger partial charge in [-0.05, 0) is 44.1 Å². The van der Waals surface area contributed by atoms with E-state index in [-0.39, 0.29) is 18.2 Å². The lowest BCUT2D eigenvalue weighted by Gasteiger charge is -2.19. The van der Waals surface area contributed by atoms with Crippen molar-refractivity contribution in [1.82, 2.24) is 5.32 Å². The number of hydrogen-bond acceptors (Lipinski definition) is 5. The number of benzene rings is 1. The van der Waals surface area contributed by atoms with Crippen molar-refractivity contribution in [3.05, 3.63) is 35.9 Å². The van der Waals surface area contributed by atoms with E-state index in [1.807, 2.05) is 30.3 Å². The quantitative estimate of drug-likeness (QED) is 0.839. The molecular weight excluding hydrogens is 332 g/mol. The molecule has 0 heterocycles. The first-order valence-corrected chi connectivity index (χ1v) is 9.42. The van der Waals surface area contributed by atoms with Gasteiger partial charge in [-0.1, -0.05) is 30.3 Å². The first-order valence-electron chi connectivity index (χ1n) is 9.42. The van der Waals surface area contributed by atoms with E-state index in [0.717, 1.165) is 37.7 Å². The fourth-order valence-electron chi connectivity index (χ4n) is 3.54. The van der Waals surface area contributed by atoms with Gasteiger partial charge in [0.25, 0.3) is 0 Å². The van der Waals surface area contributed by atoms with E-state index in [4.69, 9.17) is 19.9 Å². The Labute approximate surface area is 156 Å². The van der Waals surface area contributed by atoms with Gasteiger partial charge in [-0.2, -0.15) is 0 Å². The van der Waals surface area contributed by atoms with Crippen LogP contribution in [0.15, 0.2) is 30.3 Å². The van der Waals surface area contributed by atoms with E-state index in [1.54, 1.807) is 14.2 Å². The Morgan fingerprint density at radius 3 is 2.27 bits per heavy atom. The summed E-state index contributed by atoms with van der Waals surface area (Å²) in [6.45, 7) is 0.303. The topological polar surface area (TPSA) is 82.8 Å². The average molecular weight is 364 g/mol. The molecule has 6 heteroatoms. The van der Waals surface area contributed by atoms with E-state index >= 15 is 0 Å². The fourth-order valence-corrected chi connectivity index (χ4v) is 3.54. The molecule has 0 aromatic heterocycles. The minimum absolute atomic E-state index is 0.0817. The first-order chi connectivity index (χ1) is 12.6. The minimum Gasteiger partial charge on any atom is -0.445 e. The molecule has 146 valence electrons. The van der Waals surface area contributed by atoms with Gasteiger partial charge < -0.3 is 25.3 Å². The average Bonchev–Trinajstić information content (AvgIpc) is 3.29. The summed E-state index contributed by atoms with van der Waals surface area (Å²) in [5.74, 6) is 0. The Morgan fingerprint density at radius 2 is 1.69 bits per heavy atom. The van der Waals surface area contributed by atoms with Crippen LogP contribution in [0.1, 0.15) is 44.1 Å². The molecular formula is C20H32N2O4. The summed E-state index contributed by atoms with van der Waals surface area (Å²) in [6.07, 6.45) is 6.66. The molecule has 1 amide bonds. The normalized spacial score (nSPS) is 27.5. The predicted octanol–water partition coefficient (Wildman–Crippen LogP) is 2.99. The summed E-state index contributed by atoms with van der Waals surface area (Å²) < 4.78 is 15.6. The Hall–Kier alpha value is -1.63. The first kappa shape index (κ1) is 20.7. The lowest BCUT2D eigenvalue weighted by atomic mass is 10.2. The molecule has 0 unspecified atom stereocenters. The summed E-state index contributed by atoms with van der Waals surface area (Å²) in [6, 6.07) is 10.0. The minimum atomic E-state index is -0.368. The number of nitrogens with one attached hydrogen (secondary N) is 1. The second-order valence-electron chi connectivity index (χ2n) is 6.89. The number of carbonyl (C=O) groups excluding carboxylic acids is 1. The zero-order chi connectivity index (χ0) is 18.8. The molecule has 3 N–H and O–H groups in total. The summed E-state index contributed by atoms with van der Waals surface area (Å²) in [5, 5.41) is 2.86. The molecule has 0 saturated heterocycles. The van der Waals surface area contributed by atoms with Crippen LogP contribution in [0.25, 0.3) is 0 Å². The van der Waals surface area contributed by atoms with Crippen molar-refractivity contribution < 1.29 is 19.0 Å². The van der Waals surface area contributed by atoms with Crippen LogP contribution >= 0.6 is 0 Å². The zero-order valence-electron chi connectivity index (χ0n) is 15.9. The highest BCUT2D eigenvalue weighted by molar-refractivity contribution is 5.67. The molecule has 1 aromatic carbocycles. The van der Waals surface area contributed by atoms with Crippen molar-refractivity contribution in [2.75, 3.05) is 14.2 Å². The van der Waals surface area contributed by atoms with Crippen LogP contribution in [-0.4, -0.2) is 44.6 Å². The maximum absolute atomic E-state index is 11.6. The van der Waals surface area contributed by atoms with Crippen LogP contribution in [0, 0.1) is 0 Å². The monoisotopic (exact) mass is 364 g/mol. The van der Waals surface area contributed by atoms with Crippen molar-refractivity contribution in [3.63, 3.8) is 0 Å². The number of hydrogen-bond donors (Lipinski definition) is 2. The molecule has 3 rings (SSSR count). The number of methoxy groups -OCH3 is 2. The molecule has 0 radical (unpaired) electrons. The van der Waals surface area contributed by atoms with Gasteiger partial charge in [0.05, 0.1) is 18.2 Å². The van der Waals surface area contributed by atoms with Gasteiger partial charge in [-0.3, -0.25) is 0 Å². The third-order valence-corrected chi connectivity index (χ3v) is 5.08. The molecule has 2 aliphatic carbocycles. The van der Waals surface area contributed by atoms with Crippen LogP contribution in [-0.2, 0) is 20.8 Å². The van der Waals surface area contributed by atoms with Gasteiger partial charge in [-0.25, -0.2) is 4.79 Å². The molecule has 26 heavy (non-hydrogen) atoms. The Kier molecular flexibility index (Phi) is 8.88. The number of ether oxygens (including phenoxy) is 3. The number of rotatable bonds is 5. The summed E-state index contributed by atoms with van der Waals surface area (Å²) in [4.78, 5) is 11.6. The molecule has 1 aromatic rings. The van der Waals surface area contributed by atoms with Crippen LogP contribution in [0.5, 0.6) is 0 Å². The zero-order valence-corrected chi connectivity index (χ0v) is 15.9. The largest absolute Gasteiger partial charge is 0.445 e. The van der Waals surface area contributed by atoms with E-state index < -0.39 is 0 Å². The highest BCUT2D eigenvalue weighted by atomic mass is 16.5. The predicted molar refractivity (Wildman–Crippen MR) is 101 cm³/mol. The molecule has 6 nitrogen and oxygen atoms in total. The van der Waals surface area contributed by atoms with Gasteiger partial charge in [0.15, 0.2) is 0 Å². The van der Waals surface area contributed by atoms with Crippen LogP contribution in [0.2, 0.25) is 0 Å². The van der Waals surface area contributed by atoms with E-state index in [0.29, 0.717) is 18.8 Å². The molecule has 0 bridgehead atoms. The summed E-state index contributed by atoms with van der Waals surface area (Å²) in [7, 11) is 3.41.